The molecular weight excluding hydrogens is 314 g/mol. The molecule has 0 saturated carbocycles. The molecule has 0 fully saturated rings. The fourth-order valence-electron chi connectivity index (χ4n) is 2.81. The molecular formula is C20H21N3O2. The lowest BCUT2D eigenvalue weighted by Crippen LogP contribution is -2.35. The van der Waals surface area contributed by atoms with Gasteiger partial charge in [-0.2, -0.15) is 0 Å². The van der Waals surface area contributed by atoms with E-state index >= 15 is 0 Å². The van der Waals surface area contributed by atoms with Crippen molar-refractivity contribution in [2.24, 2.45) is 0 Å². The molecule has 0 unspecified atom stereocenters. The molecule has 0 atom stereocenters. The number of hydrogen-bond acceptors (Lipinski definition) is 3. The third-order valence-electron chi connectivity index (χ3n) is 4.10. The van der Waals surface area contributed by atoms with Crippen molar-refractivity contribution in [2.75, 3.05) is 16.8 Å². The Hall–Kier alpha value is -3.08. The smallest absolute Gasteiger partial charge is 0.336 e. The first kappa shape index (κ1) is 16.8. The highest BCUT2D eigenvalue weighted by molar-refractivity contribution is 6.07. The minimum absolute atomic E-state index is 0.231. The Morgan fingerprint density at radius 3 is 2.68 bits per heavy atom. The van der Waals surface area contributed by atoms with E-state index in [1.54, 1.807) is 11.0 Å². The van der Waals surface area contributed by atoms with Gasteiger partial charge in [-0.15, -0.1) is 0 Å². The van der Waals surface area contributed by atoms with Crippen LogP contribution in [0.1, 0.15) is 19.4 Å². The summed E-state index contributed by atoms with van der Waals surface area (Å²) in [6, 6.07) is 16.8. The first-order chi connectivity index (χ1) is 12.1. The van der Waals surface area contributed by atoms with Gasteiger partial charge in [0.15, 0.2) is 11.5 Å². The molecule has 25 heavy (non-hydrogen) atoms. The lowest BCUT2D eigenvalue weighted by atomic mass is 10.1. The topological polar surface area (TPSA) is 69.3 Å². The Labute approximate surface area is 146 Å². The maximum Gasteiger partial charge on any atom is 0.336 e. The van der Waals surface area contributed by atoms with E-state index in [4.69, 9.17) is 9.83 Å². The number of benzene rings is 2. The molecule has 3 rings (SSSR count). The Bertz CT molecular complexity index is 962. The monoisotopic (exact) mass is 335 g/mol. The molecule has 0 aliphatic heterocycles. The summed E-state index contributed by atoms with van der Waals surface area (Å²) in [5.74, 6) is 0.231. The Morgan fingerprint density at radius 1 is 1.12 bits per heavy atom. The van der Waals surface area contributed by atoms with Crippen LogP contribution in [0.2, 0.25) is 0 Å². The molecule has 0 amide bonds. The second kappa shape index (κ2) is 7.21. The van der Waals surface area contributed by atoms with Crippen molar-refractivity contribution in [3.63, 3.8) is 0 Å². The molecule has 2 N–H and O–H groups in total. The van der Waals surface area contributed by atoms with Crippen molar-refractivity contribution in [1.29, 1.82) is 5.41 Å². The summed E-state index contributed by atoms with van der Waals surface area (Å²) in [5, 5.41) is 12.4. The first-order valence-corrected chi connectivity index (χ1v) is 8.37. The zero-order valence-corrected chi connectivity index (χ0v) is 14.4. The highest BCUT2D eigenvalue weighted by Crippen LogP contribution is 2.26. The van der Waals surface area contributed by atoms with E-state index in [0.29, 0.717) is 17.8 Å². The quantitative estimate of drug-likeness (QED) is 0.425. The van der Waals surface area contributed by atoms with Gasteiger partial charge >= 0.3 is 5.63 Å². The number of nitrogens with one attached hydrogen (secondary N) is 2. The molecule has 2 aromatic carbocycles. The predicted molar refractivity (Wildman–Crippen MR) is 103 cm³/mol. The van der Waals surface area contributed by atoms with Crippen LogP contribution in [0.15, 0.2) is 63.8 Å². The normalized spacial score (nSPS) is 10.6. The molecule has 3 aromatic rings. The van der Waals surface area contributed by atoms with Crippen LogP contribution in [0.3, 0.4) is 0 Å². The van der Waals surface area contributed by atoms with Crippen LogP contribution in [-0.2, 0) is 6.42 Å². The zero-order chi connectivity index (χ0) is 17.8. The van der Waals surface area contributed by atoms with Crippen molar-refractivity contribution < 1.29 is 4.42 Å². The number of guanidine groups is 1. The van der Waals surface area contributed by atoms with E-state index in [1.165, 1.54) is 11.6 Å². The molecule has 0 aliphatic carbocycles. The van der Waals surface area contributed by atoms with Gasteiger partial charge in [-0.3, -0.25) is 5.41 Å². The van der Waals surface area contributed by atoms with Crippen molar-refractivity contribution in [2.45, 2.75) is 20.3 Å². The molecule has 128 valence electrons. The van der Waals surface area contributed by atoms with Gasteiger partial charge in [0, 0.05) is 23.7 Å². The van der Waals surface area contributed by atoms with Crippen molar-refractivity contribution in [1.82, 2.24) is 0 Å². The highest BCUT2D eigenvalue weighted by Gasteiger charge is 2.15. The minimum atomic E-state index is -0.397. The lowest BCUT2D eigenvalue weighted by molar-refractivity contribution is 0.561. The number of hydrogen-bond donors (Lipinski definition) is 2. The van der Waals surface area contributed by atoms with Crippen LogP contribution in [-0.4, -0.2) is 12.5 Å². The van der Waals surface area contributed by atoms with E-state index < -0.39 is 5.63 Å². The van der Waals surface area contributed by atoms with Crippen molar-refractivity contribution in [3.05, 3.63) is 70.6 Å². The molecule has 0 spiro atoms. The molecule has 5 nitrogen and oxygen atoms in total. The van der Waals surface area contributed by atoms with Crippen LogP contribution >= 0.6 is 0 Å². The second-order valence-electron chi connectivity index (χ2n) is 5.72. The van der Waals surface area contributed by atoms with E-state index in [9.17, 15) is 4.79 Å². The molecule has 0 bridgehead atoms. The Kier molecular flexibility index (Phi) is 4.84. The van der Waals surface area contributed by atoms with E-state index in [2.05, 4.69) is 18.3 Å². The van der Waals surface area contributed by atoms with Gasteiger partial charge in [0.2, 0.25) is 0 Å². The summed E-state index contributed by atoms with van der Waals surface area (Å²) in [5.41, 5.74) is 2.86. The number of fused-ring (bicyclic) bond motifs is 1. The maximum atomic E-state index is 11.6. The Balaban J connectivity index is 1.95. The van der Waals surface area contributed by atoms with Crippen molar-refractivity contribution in [3.8, 4) is 0 Å². The SMILES string of the molecule is CCc1cccc(NC(=N)N(CC)c2cccc3ccc(=O)oc23)c1. The summed E-state index contributed by atoms with van der Waals surface area (Å²) >= 11 is 0. The van der Waals surface area contributed by atoms with Crippen LogP contribution in [0.5, 0.6) is 0 Å². The number of aryl methyl sites for hydroxylation is 1. The van der Waals surface area contributed by atoms with E-state index in [1.807, 2.05) is 43.3 Å². The van der Waals surface area contributed by atoms with Crippen LogP contribution in [0.25, 0.3) is 11.0 Å². The molecule has 0 aliphatic rings. The fraction of sp³-hybridized carbons (Fsp3) is 0.200. The van der Waals surface area contributed by atoms with Gasteiger partial charge < -0.3 is 14.6 Å². The van der Waals surface area contributed by atoms with Gasteiger partial charge in [-0.25, -0.2) is 4.79 Å². The van der Waals surface area contributed by atoms with Crippen molar-refractivity contribution >= 4 is 28.3 Å². The van der Waals surface area contributed by atoms with E-state index in [-0.39, 0.29) is 5.96 Å². The van der Waals surface area contributed by atoms with E-state index in [0.717, 1.165) is 17.5 Å². The molecule has 5 heteroatoms. The zero-order valence-electron chi connectivity index (χ0n) is 14.4. The summed E-state index contributed by atoms with van der Waals surface area (Å²) in [6.45, 7) is 4.62. The van der Waals surface area contributed by atoms with Crippen LogP contribution in [0, 0.1) is 5.41 Å². The number of nitrogens with zero attached hydrogens (tertiary/aromatic N) is 1. The van der Waals surface area contributed by atoms with Gasteiger partial charge in [0.05, 0.1) is 5.69 Å². The molecule has 1 aromatic heterocycles. The van der Waals surface area contributed by atoms with Gasteiger partial charge in [-0.1, -0.05) is 31.2 Å². The van der Waals surface area contributed by atoms with Crippen LogP contribution in [0.4, 0.5) is 11.4 Å². The highest BCUT2D eigenvalue weighted by atomic mass is 16.4. The average Bonchev–Trinajstić information content (AvgIpc) is 2.62. The summed E-state index contributed by atoms with van der Waals surface area (Å²) in [6.07, 6.45) is 0.939. The molecule has 0 radical (unpaired) electrons. The first-order valence-electron chi connectivity index (χ1n) is 8.37. The largest absolute Gasteiger partial charge is 0.420 e. The Morgan fingerprint density at radius 2 is 1.92 bits per heavy atom. The van der Waals surface area contributed by atoms with Gasteiger partial charge in [0.1, 0.15) is 0 Å². The predicted octanol–water partition coefficient (Wildman–Crippen LogP) is 4.23. The summed E-state index contributed by atoms with van der Waals surface area (Å²) in [4.78, 5) is 13.4. The molecule has 0 saturated heterocycles. The third-order valence-corrected chi connectivity index (χ3v) is 4.10. The van der Waals surface area contributed by atoms with Gasteiger partial charge in [0.25, 0.3) is 0 Å². The fourth-order valence-corrected chi connectivity index (χ4v) is 2.81. The number of anilines is 2. The van der Waals surface area contributed by atoms with Crippen LogP contribution < -0.4 is 15.8 Å². The lowest BCUT2D eigenvalue weighted by Gasteiger charge is -2.25. The minimum Gasteiger partial charge on any atom is -0.420 e. The summed E-state index contributed by atoms with van der Waals surface area (Å²) < 4.78 is 5.39. The average molecular weight is 335 g/mol. The summed E-state index contributed by atoms with van der Waals surface area (Å²) in [7, 11) is 0. The standard InChI is InChI=1S/C20H21N3O2/c1-3-14-7-5-9-16(13-14)22-20(21)23(4-2)17-10-6-8-15-11-12-18(24)25-19(15)17/h5-13H,3-4H2,1-2H3,(H2,21,22). The molecule has 1 heterocycles. The third kappa shape index (κ3) is 3.55. The maximum absolute atomic E-state index is 11.6. The number of para-hydroxylation sites is 1. The van der Waals surface area contributed by atoms with Gasteiger partial charge in [-0.05, 0) is 43.2 Å². The number of rotatable bonds is 4. The second-order valence-corrected chi connectivity index (χ2v) is 5.72.